The fourth-order valence-electron chi connectivity index (χ4n) is 1.12. The number of carbonyl (C=O) groups excluding carboxylic acids is 1. The summed E-state index contributed by atoms with van der Waals surface area (Å²) < 4.78 is 36.8. The Morgan fingerprint density at radius 3 is 2.72 bits per heavy atom. The van der Waals surface area contributed by atoms with Gasteiger partial charge in [-0.15, -0.1) is 0 Å². The molecule has 1 aromatic heterocycles. The molecule has 1 aromatic rings. The molecule has 1 rings (SSSR count). The lowest BCUT2D eigenvalue weighted by Crippen LogP contribution is -2.37. The second-order valence-electron chi connectivity index (χ2n) is 3.37. The Bertz CT molecular complexity index is 466. The van der Waals surface area contributed by atoms with E-state index >= 15 is 0 Å². The van der Waals surface area contributed by atoms with Gasteiger partial charge in [-0.05, 0) is 0 Å². The lowest BCUT2D eigenvalue weighted by molar-refractivity contribution is -0.122. The lowest BCUT2D eigenvalue weighted by Gasteiger charge is -2.10. The maximum Gasteiger partial charge on any atom is 0.405 e. The maximum absolute atomic E-state index is 11.9. The Hall–Kier alpha value is -2.26. The highest BCUT2D eigenvalue weighted by molar-refractivity contribution is 6.02. The van der Waals surface area contributed by atoms with Crippen molar-refractivity contribution in [1.82, 2.24) is 15.1 Å². The van der Waals surface area contributed by atoms with Crippen molar-refractivity contribution in [1.29, 1.82) is 5.41 Å². The van der Waals surface area contributed by atoms with Crippen molar-refractivity contribution in [3.63, 3.8) is 0 Å². The number of nitrogen functional groups attached to an aromatic ring is 1. The van der Waals surface area contributed by atoms with Crippen LogP contribution >= 0.6 is 0 Å². The standard InChI is InChI=1S/C8H11F3N6O/c1-17-6(4(2-15-17)5(12)13)16-7(18)14-3-8(9,10)11/h2H,3H2,1H3,(H3,12,13)(H2,14,16,18). The number of halogens is 3. The summed E-state index contributed by atoms with van der Waals surface area (Å²) in [6, 6.07) is -1.06. The molecule has 0 atom stereocenters. The van der Waals surface area contributed by atoms with E-state index in [1.165, 1.54) is 17.9 Å². The summed E-state index contributed by atoms with van der Waals surface area (Å²) in [5.74, 6) is -0.309. The summed E-state index contributed by atoms with van der Waals surface area (Å²) in [7, 11) is 1.45. The quantitative estimate of drug-likeness (QED) is 0.468. The molecule has 7 nitrogen and oxygen atoms in total. The van der Waals surface area contributed by atoms with Crippen LogP contribution in [0.25, 0.3) is 0 Å². The van der Waals surface area contributed by atoms with Crippen molar-refractivity contribution in [2.24, 2.45) is 12.8 Å². The Balaban J connectivity index is 2.70. The smallest absolute Gasteiger partial charge is 0.384 e. The van der Waals surface area contributed by atoms with E-state index in [1.54, 1.807) is 5.32 Å². The zero-order chi connectivity index (χ0) is 13.9. The summed E-state index contributed by atoms with van der Waals surface area (Å²) >= 11 is 0. The highest BCUT2D eigenvalue weighted by atomic mass is 19.4. The Morgan fingerprint density at radius 1 is 1.61 bits per heavy atom. The summed E-state index contributed by atoms with van der Waals surface area (Å²) in [6.45, 7) is -1.45. The van der Waals surface area contributed by atoms with Crippen molar-refractivity contribution in [2.45, 2.75) is 6.18 Å². The topological polar surface area (TPSA) is 109 Å². The molecular weight excluding hydrogens is 253 g/mol. The summed E-state index contributed by atoms with van der Waals surface area (Å²) in [5, 5.41) is 14.7. The largest absolute Gasteiger partial charge is 0.405 e. The van der Waals surface area contributed by atoms with Crippen LogP contribution in [0.1, 0.15) is 5.56 Å². The predicted molar refractivity (Wildman–Crippen MR) is 57.3 cm³/mol. The molecule has 0 saturated heterocycles. The molecule has 18 heavy (non-hydrogen) atoms. The highest BCUT2D eigenvalue weighted by Crippen LogP contribution is 2.14. The van der Waals surface area contributed by atoms with E-state index in [0.717, 1.165) is 0 Å². The Morgan fingerprint density at radius 2 is 2.22 bits per heavy atom. The second-order valence-corrected chi connectivity index (χ2v) is 3.37. The number of rotatable bonds is 3. The van der Waals surface area contributed by atoms with Gasteiger partial charge < -0.3 is 11.1 Å². The number of amidine groups is 1. The molecule has 0 aliphatic carbocycles. The zero-order valence-electron chi connectivity index (χ0n) is 9.30. The van der Waals surface area contributed by atoms with Gasteiger partial charge in [-0.2, -0.15) is 18.3 Å². The van der Waals surface area contributed by atoms with Crippen LogP contribution in [-0.4, -0.2) is 34.4 Å². The van der Waals surface area contributed by atoms with Crippen molar-refractivity contribution >= 4 is 17.7 Å². The number of nitrogens with two attached hydrogens (primary N) is 1. The minimum absolute atomic E-state index is 0.0437. The second kappa shape index (κ2) is 4.94. The van der Waals surface area contributed by atoms with Gasteiger partial charge in [-0.1, -0.05) is 0 Å². The van der Waals surface area contributed by atoms with Crippen LogP contribution < -0.4 is 16.4 Å². The minimum Gasteiger partial charge on any atom is -0.384 e. The van der Waals surface area contributed by atoms with Gasteiger partial charge in [0.2, 0.25) is 0 Å². The molecule has 0 fully saturated rings. The van der Waals surface area contributed by atoms with E-state index in [9.17, 15) is 18.0 Å². The number of nitrogens with one attached hydrogen (secondary N) is 3. The third kappa shape index (κ3) is 3.64. The molecule has 100 valence electrons. The van der Waals surface area contributed by atoms with Gasteiger partial charge in [0.1, 0.15) is 18.2 Å². The Kier molecular flexibility index (Phi) is 3.79. The number of urea groups is 1. The van der Waals surface area contributed by atoms with Crippen LogP contribution in [0.15, 0.2) is 6.20 Å². The molecular formula is C8H11F3N6O. The number of carbonyl (C=O) groups is 1. The van der Waals surface area contributed by atoms with Crippen molar-refractivity contribution in [3.8, 4) is 0 Å². The van der Waals surface area contributed by atoms with Crippen molar-refractivity contribution in [3.05, 3.63) is 11.8 Å². The maximum atomic E-state index is 11.9. The predicted octanol–water partition coefficient (Wildman–Crippen LogP) is 0.388. The number of hydrogen-bond acceptors (Lipinski definition) is 3. The van der Waals surface area contributed by atoms with Crippen LogP contribution in [-0.2, 0) is 7.05 Å². The molecule has 5 N–H and O–H groups in total. The van der Waals surface area contributed by atoms with Gasteiger partial charge in [0, 0.05) is 7.05 Å². The van der Waals surface area contributed by atoms with E-state index in [4.69, 9.17) is 11.1 Å². The van der Waals surface area contributed by atoms with Gasteiger partial charge in [0.05, 0.1) is 11.8 Å². The average Bonchev–Trinajstić information content (AvgIpc) is 2.57. The van der Waals surface area contributed by atoms with Crippen LogP contribution in [0.4, 0.5) is 23.8 Å². The zero-order valence-corrected chi connectivity index (χ0v) is 9.30. The Labute approximate surface area is 99.6 Å². The van der Waals surface area contributed by atoms with Crippen molar-refractivity contribution in [2.75, 3.05) is 11.9 Å². The number of hydrogen-bond donors (Lipinski definition) is 4. The first-order chi connectivity index (χ1) is 8.20. The monoisotopic (exact) mass is 264 g/mol. The van der Waals surface area contributed by atoms with Gasteiger partial charge in [0.25, 0.3) is 0 Å². The lowest BCUT2D eigenvalue weighted by atomic mass is 10.3. The molecule has 0 spiro atoms. The van der Waals surface area contributed by atoms with Gasteiger partial charge in [-0.25, -0.2) is 4.79 Å². The molecule has 0 radical (unpaired) electrons. The number of aromatic nitrogens is 2. The highest BCUT2D eigenvalue weighted by Gasteiger charge is 2.28. The van der Waals surface area contributed by atoms with Crippen molar-refractivity contribution < 1.29 is 18.0 Å². The molecule has 10 heteroatoms. The first-order valence-electron chi connectivity index (χ1n) is 4.68. The van der Waals surface area contributed by atoms with E-state index in [1.807, 2.05) is 0 Å². The van der Waals surface area contributed by atoms with Gasteiger partial charge in [-0.3, -0.25) is 15.4 Å². The van der Waals surface area contributed by atoms with Crippen LogP contribution in [0.3, 0.4) is 0 Å². The normalized spacial score (nSPS) is 11.1. The molecule has 2 amide bonds. The first-order valence-corrected chi connectivity index (χ1v) is 4.68. The summed E-state index contributed by atoms with van der Waals surface area (Å²) in [4.78, 5) is 11.2. The molecule has 1 heterocycles. The molecule has 0 aliphatic heterocycles. The SMILES string of the molecule is Cn1ncc(C(=N)N)c1NC(=O)NCC(F)(F)F. The number of nitrogens with zero attached hydrogens (tertiary/aromatic N) is 2. The fourth-order valence-corrected chi connectivity index (χ4v) is 1.12. The third-order valence-corrected chi connectivity index (χ3v) is 1.91. The van der Waals surface area contributed by atoms with Gasteiger partial charge in [0.15, 0.2) is 0 Å². The molecule has 0 aromatic carbocycles. The molecule has 0 aliphatic rings. The van der Waals surface area contributed by atoms with Crippen LogP contribution in [0.5, 0.6) is 0 Å². The first kappa shape index (κ1) is 13.8. The average molecular weight is 264 g/mol. The molecule has 0 saturated carbocycles. The van der Waals surface area contributed by atoms with Crippen LogP contribution in [0.2, 0.25) is 0 Å². The fraction of sp³-hybridized carbons (Fsp3) is 0.375. The van der Waals surface area contributed by atoms with E-state index < -0.39 is 18.8 Å². The number of anilines is 1. The molecule has 0 bridgehead atoms. The van der Waals surface area contributed by atoms with E-state index in [0.29, 0.717) is 0 Å². The minimum atomic E-state index is -4.49. The number of alkyl halides is 3. The third-order valence-electron chi connectivity index (χ3n) is 1.91. The summed E-state index contributed by atoms with van der Waals surface area (Å²) in [5.41, 5.74) is 5.35. The van der Waals surface area contributed by atoms with Gasteiger partial charge >= 0.3 is 12.2 Å². The number of amides is 2. The van der Waals surface area contributed by atoms with Crippen LogP contribution in [0, 0.1) is 5.41 Å². The van der Waals surface area contributed by atoms with E-state index in [-0.39, 0.29) is 17.2 Å². The number of aryl methyl sites for hydroxylation is 1. The molecule has 0 unspecified atom stereocenters. The summed E-state index contributed by atoms with van der Waals surface area (Å²) in [6.07, 6.45) is -3.27. The van der Waals surface area contributed by atoms with E-state index in [2.05, 4.69) is 10.4 Å².